The van der Waals surface area contributed by atoms with Gasteiger partial charge in [0.1, 0.15) is 0 Å². The van der Waals surface area contributed by atoms with Gasteiger partial charge in [-0.15, -0.1) is 0 Å². The molecule has 0 bridgehead atoms. The van der Waals surface area contributed by atoms with Crippen molar-refractivity contribution in [1.29, 1.82) is 0 Å². The highest BCUT2D eigenvalue weighted by Gasteiger charge is 2.14. The summed E-state index contributed by atoms with van der Waals surface area (Å²) in [5.41, 5.74) is 7.76. The van der Waals surface area contributed by atoms with E-state index in [1.807, 2.05) is 13.8 Å². The molecule has 0 saturated carbocycles. The van der Waals surface area contributed by atoms with Crippen LogP contribution in [0.3, 0.4) is 0 Å². The summed E-state index contributed by atoms with van der Waals surface area (Å²) in [6, 6.07) is 5.28. The van der Waals surface area contributed by atoms with E-state index in [-0.39, 0.29) is 17.9 Å². The smallest absolute Gasteiger partial charge is 0.306 e. The minimum atomic E-state index is -0.776. The molecule has 116 valence electrons. The molecule has 2 unspecified atom stereocenters. The lowest BCUT2D eigenvalue weighted by Gasteiger charge is -2.16. The number of amides is 1. The topological polar surface area (TPSA) is 92.4 Å². The number of benzene rings is 1. The summed E-state index contributed by atoms with van der Waals surface area (Å²) < 4.78 is 0. The number of carboxylic acid groups (broad SMARTS) is 1. The van der Waals surface area contributed by atoms with Crippen LogP contribution in [0, 0.1) is 12.8 Å². The van der Waals surface area contributed by atoms with Gasteiger partial charge in [-0.05, 0) is 44.4 Å². The number of hydrogen-bond donors (Lipinski definition) is 3. The number of nitrogens with one attached hydrogen (secondary N) is 1. The molecule has 1 amide bonds. The molecule has 5 nitrogen and oxygen atoms in total. The summed E-state index contributed by atoms with van der Waals surface area (Å²) in [6.07, 6.45) is 2.14. The molecular formula is C16H24N2O3. The van der Waals surface area contributed by atoms with Crippen molar-refractivity contribution in [2.75, 3.05) is 5.73 Å². The summed E-state index contributed by atoms with van der Waals surface area (Å²) >= 11 is 0. The zero-order valence-corrected chi connectivity index (χ0v) is 12.8. The second-order valence-corrected chi connectivity index (χ2v) is 5.56. The van der Waals surface area contributed by atoms with Crippen LogP contribution in [0.25, 0.3) is 0 Å². The maximum atomic E-state index is 12.2. The monoisotopic (exact) mass is 292 g/mol. The molecule has 0 radical (unpaired) electrons. The lowest BCUT2D eigenvalue weighted by molar-refractivity contribution is -0.141. The molecule has 4 N–H and O–H groups in total. The van der Waals surface area contributed by atoms with Crippen molar-refractivity contribution in [3.05, 3.63) is 29.3 Å². The Morgan fingerprint density at radius 1 is 1.29 bits per heavy atom. The third-order valence-corrected chi connectivity index (χ3v) is 3.69. The van der Waals surface area contributed by atoms with E-state index >= 15 is 0 Å². The van der Waals surface area contributed by atoms with E-state index in [0.29, 0.717) is 17.7 Å². The highest BCUT2D eigenvalue weighted by molar-refractivity contribution is 5.97. The molecule has 2 atom stereocenters. The number of nitrogens with two attached hydrogens (primary N) is 1. The maximum Gasteiger partial charge on any atom is 0.306 e. The number of carbonyl (C=O) groups is 2. The molecule has 21 heavy (non-hydrogen) atoms. The Hall–Kier alpha value is -2.04. The van der Waals surface area contributed by atoms with Crippen LogP contribution < -0.4 is 11.1 Å². The molecule has 1 rings (SSSR count). The maximum absolute atomic E-state index is 12.2. The van der Waals surface area contributed by atoms with E-state index in [4.69, 9.17) is 10.8 Å². The summed E-state index contributed by atoms with van der Waals surface area (Å²) in [4.78, 5) is 22.9. The lowest BCUT2D eigenvalue weighted by Crippen LogP contribution is -2.33. The lowest BCUT2D eigenvalue weighted by atomic mass is 10.0. The predicted molar refractivity (Wildman–Crippen MR) is 83.2 cm³/mol. The second kappa shape index (κ2) is 7.67. The van der Waals surface area contributed by atoms with Crippen molar-refractivity contribution in [3.8, 4) is 0 Å². The summed E-state index contributed by atoms with van der Waals surface area (Å²) in [6.45, 7) is 5.44. The van der Waals surface area contributed by atoms with Crippen molar-refractivity contribution >= 4 is 17.6 Å². The molecule has 0 aliphatic rings. The van der Waals surface area contributed by atoms with E-state index in [0.717, 1.165) is 18.4 Å². The molecule has 0 aliphatic heterocycles. The van der Waals surface area contributed by atoms with Crippen LogP contribution in [-0.2, 0) is 4.79 Å². The standard InChI is InChI=1S/C16H24N2O3/c1-10(16(20)21)6-4-7-11(2)18-15(19)13-8-5-9-14(17)12(13)3/h5,8-11H,4,6-7,17H2,1-3H3,(H,18,19)(H,20,21). The Kier molecular flexibility index (Phi) is 6.21. The third-order valence-electron chi connectivity index (χ3n) is 3.69. The zero-order valence-electron chi connectivity index (χ0n) is 12.8. The minimum Gasteiger partial charge on any atom is -0.481 e. The fourth-order valence-electron chi connectivity index (χ4n) is 2.13. The third kappa shape index (κ3) is 5.10. The molecule has 1 aromatic rings. The predicted octanol–water partition coefficient (Wildman–Crippen LogP) is 2.59. The first kappa shape index (κ1) is 17.0. The molecule has 0 aliphatic carbocycles. The first-order valence-electron chi connectivity index (χ1n) is 7.21. The summed E-state index contributed by atoms with van der Waals surface area (Å²) in [7, 11) is 0. The number of hydrogen-bond acceptors (Lipinski definition) is 3. The fraction of sp³-hybridized carbons (Fsp3) is 0.500. The van der Waals surface area contributed by atoms with Gasteiger partial charge >= 0.3 is 5.97 Å². The highest BCUT2D eigenvalue weighted by Crippen LogP contribution is 2.16. The van der Waals surface area contributed by atoms with Gasteiger partial charge in [0.15, 0.2) is 0 Å². The van der Waals surface area contributed by atoms with Crippen molar-refractivity contribution < 1.29 is 14.7 Å². The van der Waals surface area contributed by atoms with E-state index in [1.54, 1.807) is 25.1 Å². The molecule has 0 heterocycles. The summed E-state index contributed by atoms with van der Waals surface area (Å²) in [5, 5.41) is 11.7. The second-order valence-electron chi connectivity index (χ2n) is 5.56. The van der Waals surface area contributed by atoms with Crippen LogP contribution in [0.5, 0.6) is 0 Å². The van der Waals surface area contributed by atoms with Gasteiger partial charge < -0.3 is 16.2 Å². The number of rotatable bonds is 7. The van der Waals surface area contributed by atoms with Crippen LogP contribution >= 0.6 is 0 Å². The minimum absolute atomic E-state index is 0.000625. The number of carboxylic acids is 1. The molecule has 0 saturated heterocycles. The Labute approximate surface area is 125 Å². The van der Waals surface area contributed by atoms with Gasteiger partial charge in [-0.2, -0.15) is 0 Å². The van der Waals surface area contributed by atoms with E-state index < -0.39 is 5.97 Å². The van der Waals surface area contributed by atoms with Crippen LogP contribution in [0.2, 0.25) is 0 Å². The molecule has 0 spiro atoms. The molecule has 1 aromatic carbocycles. The van der Waals surface area contributed by atoms with Gasteiger partial charge in [0.2, 0.25) is 0 Å². The number of carbonyl (C=O) groups excluding carboxylic acids is 1. The largest absolute Gasteiger partial charge is 0.481 e. The van der Waals surface area contributed by atoms with Gasteiger partial charge in [0, 0.05) is 17.3 Å². The number of aliphatic carboxylic acids is 1. The Morgan fingerprint density at radius 3 is 2.57 bits per heavy atom. The van der Waals surface area contributed by atoms with Crippen LogP contribution in [-0.4, -0.2) is 23.0 Å². The molecule has 0 aromatic heterocycles. The average molecular weight is 292 g/mol. The average Bonchev–Trinajstić information content (AvgIpc) is 2.41. The van der Waals surface area contributed by atoms with Crippen molar-refractivity contribution in [3.63, 3.8) is 0 Å². The zero-order chi connectivity index (χ0) is 16.0. The Morgan fingerprint density at radius 2 is 1.95 bits per heavy atom. The molecular weight excluding hydrogens is 268 g/mol. The van der Waals surface area contributed by atoms with Crippen molar-refractivity contribution in [2.24, 2.45) is 5.92 Å². The van der Waals surface area contributed by atoms with Crippen LogP contribution in [0.4, 0.5) is 5.69 Å². The van der Waals surface area contributed by atoms with E-state index in [9.17, 15) is 9.59 Å². The quantitative estimate of drug-likeness (QED) is 0.673. The Balaban J connectivity index is 2.47. The van der Waals surface area contributed by atoms with Gasteiger partial charge in [-0.1, -0.05) is 19.4 Å². The SMILES string of the molecule is Cc1c(N)cccc1C(=O)NC(C)CCCC(C)C(=O)O. The van der Waals surface area contributed by atoms with Crippen LogP contribution in [0.15, 0.2) is 18.2 Å². The normalized spacial score (nSPS) is 13.5. The fourth-order valence-corrected chi connectivity index (χ4v) is 2.13. The van der Waals surface area contributed by atoms with Gasteiger partial charge in [-0.25, -0.2) is 0 Å². The molecule has 5 heteroatoms. The number of anilines is 1. The van der Waals surface area contributed by atoms with Crippen molar-refractivity contribution in [1.82, 2.24) is 5.32 Å². The Bertz CT molecular complexity index is 514. The highest BCUT2D eigenvalue weighted by atomic mass is 16.4. The van der Waals surface area contributed by atoms with Crippen molar-refractivity contribution in [2.45, 2.75) is 46.1 Å². The van der Waals surface area contributed by atoms with E-state index in [2.05, 4.69) is 5.32 Å². The van der Waals surface area contributed by atoms with Gasteiger partial charge in [0.05, 0.1) is 5.92 Å². The summed E-state index contributed by atoms with van der Waals surface area (Å²) in [5.74, 6) is -1.26. The first-order chi connectivity index (χ1) is 9.82. The van der Waals surface area contributed by atoms with Crippen LogP contribution in [0.1, 0.15) is 49.0 Å². The van der Waals surface area contributed by atoms with Gasteiger partial charge in [0.25, 0.3) is 5.91 Å². The number of nitrogen functional groups attached to an aromatic ring is 1. The molecule has 0 fully saturated rings. The van der Waals surface area contributed by atoms with Gasteiger partial charge in [-0.3, -0.25) is 9.59 Å². The first-order valence-corrected chi connectivity index (χ1v) is 7.21. The van der Waals surface area contributed by atoms with E-state index in [1.165, 1.54) is 0 Å².